The fourth-order valence-electron chi connectivity index (χ4n) is 1.20. The molecule has 1 aliphatic rings. The molecule has 5 heteroatoms. The van der Waals surface area contributed by atoms with Gasteiger partial charge in [-0.05, 0) is 20.9 Å². The summed E-state index contributed by atoms with van der Waals surface area (Å²) >= 11 is 0. The third kappa shape index (κ3) is 3.77. The van der Waals surface area contributed by atoms with Crippen molar-refractivity contribution < 1.29 is 14.3 Å². The van der Waals surface area contributed by atoms with Crippen molar-refractivity contribution in [2.75, 3.05) is 33.4 Å². The van der Waals surface area contributed by atoms with Gasteiger partial charge in [-0.2, -0.15) is 0 Å². The van der Waals surface area contributed by atoms with E-state index < -0.39 is 5.54 Å². The Morgan fingerprint density at radius 3 is 2.73 bits per heavy atom. The Balaban J connectivity index is 2.26. The van der Waals surface area contributed by atoms with E-state index in [-0.39, 0.29) is 12.0 Å². The van der Waals surface area contributed by atoms with Gasteiger partial charge in [0.2, 0.25) is 5.91 Å². The molecule has 1 saturated heterocycles. The molecule has 1 amide bonds. The maximum Gasteiger partial charge on any atom is 0.239 e. The Morgan fingerprint density at radius 2 is 2.20 bits per heavy atom. The summed E-state index contributed by atoms with van der Waals surface area (Å²) in [6, 6.07) is 0. The Morgan fingerprint density at radius 1 is 1.47 bits per heavy atom. The monoisotopic (exact) mass is 216 g/mol. The lowest BCUT2D eigenvalue weighted by atomic mass is 10.1. The highest BCUT2D eigenvalue weighted by Crippen LogP contribution is 2.02. The molecule has 0 saturated carbocycles. The highest BCUT2D eigenvalue weighted by Gasteiger charge is 2.26. The quantitative estimate of drug-likeness (QED) is 0.666. The third-order valence-corrected chi connectivity index (χ3v) is 2.57. The van der Waals surface area contributed by atoms with Crippen LogP contribution in [-0.4, -0.2) is 51.0 Å². The molecule has 0 aromatic rings. The van der Waals surface area contributed by atoms with Crippen LogP contribution in [0.5, 0.6) is 0 Å². The smallest absolute Gasteiger partial charge is 0.239 e. The normalized spacial score (nSPS) is 22.5. The summed E-state index contributed by atoms with van der Waals surface area (Å²) in [4.78, 5) is 11.7. The number of hydrogen-bond donors (Lipinski definition) is 2. The zero-order valence-corrected chi connectivity index (χ0v) is 9.63. The second-order valence-electron chi connectivity index (χ2n) is 4.15. The van der Waals surface area contributed by atoms with Crippen LogP contribution in [0.1, 0.15) is 13.8 Å². The summed E-state index contributed by atoms with van der Waals surface area (Å²) in [7, 11) is 1.76. The highest BCUT2D eigenvalue weighted by molar-refractivity contribution is 5.85. The first-order chi connectivity index (χ1) is 7.06. The first-order valence-corrected chi connectivity index (χ1v) is 5.23. The Bertz CT molecular complexity index is 213. The molecule has 0 aromatic heterocycles. The number of amides is 1. The average Bonchev–Trinajstić information content (AvgIpc) is 2.27. The van der Waals surface area contributed by atoms with Gasteiger partial charge in [0.25, 0.3) is 0 Å². The molecular weight excluding hydrogens is 196 g/mol. The fraction of sp³-hybridized carbons (Fsp3) is 0.900. The lowest BCUT2D eigenvalue weighted by Gasteiger charge is -2.26. The van der Waals surface area contributed by atoms with Crippen LogP contribution in [0.15, 0.2) is 0 Å². The van der Waals surface area contributed by atoms with Gasteiger partial charge in [-0.3, -0.25) is 4.79 Å². The zero-order valence-electron chi connectivity index (χ0n) is 9.63. The van der Waals surface area contributed by atoms with E-state index in [4.69, 9.17) is 9.47 Å². The van der Waals surface area contributed by atoms with E-state index in [1.165, 1.54) is 0 Å². The second-order valence-corrected chi connectivity index (χ2v) is 4.15. The molecule has 0 aromatic carbocycles. The molecular formula is C10H20N2O3. The minimum atomic E-state index is -0.546. The number of likely N-dealkylation sites (N-methyl/N-ethyl adjacent to an activating group) is 1. The van der Waals surface area contributed by atoms with Crippen LogP contribution >= 0.6 is 0 Å². The van der Waals surface area contributed by atoms with Gasteiger partial charge >= 0.3 is 0 Å². The Kier molecular flexibility index (Phi) is 4.50. The van der Waals surface area contributed by atoms with E-state index in [0.29, 0.717) is 26.4 Å². The van der Waals surface area contributed by atoms with Gasteiger partial charge in [0.1, 0.15) is 0 Å². The highest BCUT2D eigenvalue weighted by atomic mass is 16.6. The maximum absolute atomic E-state index is 11.7. The predicted octanol–water partition coefficient (Wildman–Crippen LogP) is -0.484. The summed E-state index contributed by atoms with van der Waals surface area (Å²) in [5.74, 6) is -0.0285. The largest absolute Gasteiger partial charge is 0.376 e. The van der Waals surface area contributed by atoms with Gasteiger partial charge in [0, 0.05) is 6.54 Å². The van der Waals surface area contributed by atoms with Crippen molar-refractivity contribution in [1.82, 2.24) is 10.6 Å². The molecule has 0 aliphatic carbocycles. The molecule has 2 N–H and O–H groups in total. The van der Waals surface area contributed by atoms with Crippen LogP contribution < -0.4 is 10.6 Å². The van der Waals surface area contributed by atoms with Crippen LogP contribution in [0.3, 0.4) is 0 Å². The summed E-state index contributed by atoms with van der Waals surface area (Å²) < 4.78 is 10.6. The van der Waals surface area contributed by atoms with Crippen LogP contribution in [0, 0.1) is 0 Å². The van der Waals surface area contributed by atoms with Crippen molar-refractivity contribution in [3.63, 3.8) is 0 Å². The molecule has 1 heterocycles. The number of hydrogen-bond acceptors (Lipinski definition) is 4. The topological polar surface area (TPSA) is 59.6 Å². The number of nitrogens with one attached hydrogen (secondary N) is 2. The van der Waals surface area contributed by atoms with Crippen LogP contribution in [0.25, 0.3) is 0 Å². The van der Waals surface area contributed by atoms with Crippen molar-refractivity contribution in [2.24, 2.45) is 0 Å². The first kappa shape index (κ1) is 12.4. The van der Waals surface area contributed by atoms with Gasteiger partial charge in [-0.25, -0.2) is 0 Å². The summed E-state index contributed by atoms with van der Waals surface area (Å²) in [6.07, 6.45) is -0.0182. The SMILES string of the molecule is CNC(C)(C)C(=O)NCC1COCCO1. The summed E-state index contributed by atoms with van der Waals surface area (Å²) in [6.45, 7) is 5.98. The van der Waals surface area contributed by atoms with Crippen LogP contribution in [-0.2, 0) is 14.3 Å². The van der Waals surface area contributed by atoms with Gasteiger partial charge < -0.3 is 20.1 Å². The fourth-order valence-corrected chi connectivity index (χ4v) is 1.20. The van der Waals surface area contributed by atoms with Crippen molar-refractivity contribution in [3.8, 4) is 0 Å². The number of rotatable bonds is 4. The standard InChI is InChI=1S/C10H20N2O3/c1-10(2,11-3)9(13)12-6-8-7-14-4-5-15-8/h8,11H,4-7H2,1-3H3,(H,12,13). The second kappa shape index (κ2) is 5.44. The van der Waals surface area contributed by atoms with Crippen molar-refractivity contribution in [3.05, 3.63) is 0 Å². The molecule has 1 atom stereocenters. The Labute approximate surface area is 90.5 Å². The molecule has 5 nitrogen and oxygen atoms in total. The predicted molar refractivity (Wildman–Crippen MR) is 56.7 cm³/mol. The molecule has 0 spiro atoms. The molecule has 88 valence electrons. The van der Waals surface area contributed by atoms with Gasteiger partial charge in [-0.15, -0.1) is 0 Å². The van der Waals surface area contributed by atoms with E-state index in [2.05, 4.69) is 10.6 Å². The third-order valence-electron chi connectivity index (χ3n) is 2.57. The first-order valence-electron chi connectivity index (χ1n) is 5.23. The number of ether oxygens (including phenoxy) is 2. The molecule has 1 unspecified atom stereocenters. The van der Waals surface area contributed by atoms with Crippen LogP contribution in [0.2, 0.25) is 0 Å². The minimum absolute atomic E-state index is 0.0182. The van der Waals surface area contributed by atoms with Gasteiger partial charge in [0.15, 0.2) is 0 Å². The lowest BCUT2D eigenvalue weighted by Crippen LogP contribution is -2.53. The maximum atomic E-state index is 11.7. The molecule has 1 aliphatic heterocycles. The summed E-state index contributed by atoms with van der Waals surface area (Å²) in [5.41, 5.74) is -0.546. The average molecular weight is 216 g/mol. The number of carbonyl (C=O) groups is 1. The molecule has 1 fully saturated rings. The van der Waals surface area contributed by atoms with E-state index in [1.807, 2.05) is 13.8 Å². The zero-order chi connectivity index (χ0) is 11.3. The van der Waals surface area contributed by atoms with Gasteiger partial charge in [-0.1, -0.05) is 0 Å². The number of carbonyl (C=O) groups excluding carboxylic acids is 1. The van der Waals surface area contributed by atoms with Crippen molar-refractivity contribution in [2.45, 2.75) is 25.5 Å². The van der Waals surface area contributed by atoms with Crippen LogP contribution in [0.4, 0.5) is 0 Å². The van der Waals surface area contributed by atoms with Crippen molar-refractivity contribution in [1.29, 1.82) is 0 Å². The van der Waals surface area contributed by atoms with E-state index in [1.54, 1.807) is 7.05 Å². The molecule has 15 heavy (non-hydrogen) atoms. The lowest BCUT2D eigenvalue weighted by molar-refractivity contribution is -0.128. The molecule has 0 bridgehead atoms. The Hall–Kier alpha value is -0.650. The molecule has 1 rings (SSSR count). The van der Waals surface area contributed by atoms with E-state index in [0.717, 1.165) is 0 Å². The van der Waals surface area contributed by atoms with E-state index >= 15 is 0 Å². The molecule has 0 radical (unpaired) electrons. The minimum Gasteiger partial charge on any atom is -0.376 e. The van der Waals surface area contributed by atoms with Gasteiger partial charge in [0.05, 0.1) is 31.5 Å². The van der Waals surface area contributed by atoms with E-state index in [9.17, 15) is 4.79 Å². The van der Waals surface area contributed by atoms with Crippen molar-refractivity contribution >= 4 is 5.91 Å². The summed E-state index contributed by atoms with van der Waals surface area (Å²) in [5, 5.41) is 5.78.